The molecule has 218 valence electrons. The molecule has 0 spiro atoms. The third-order valence-electron chi connectivity index (χ3n) is 6.48. The number of hydrogen-bond acceptors (Lipinski definition) is 7. The molecule has 3 heterocycles. The van der Waals surface area contributed by atoms with Crippen LogP contribution < -0.4 is 15.4 Å². The number of fused-ring (bicyclic) bond motifs is 1. The molecule has 0 fully saturated rings. The van der Waals surface area contributed by atoms with Gasteiger partial charge in [-0.25, -0.2) is 19.3 Å². The van der Waals surface area contributed by atoms with Crippen molar-refractivity contribution in [3.63, 3.8) is 0 Å². The third kappa shape index (κ3) is 7.21. The quantitative estimate of drug-likeness (QED) is 0.172. The van der Waals surface area contributed by atoms with Gasteiger partial charge in [0.1, 0.15) is 24.5 Å². The maximum absolute atomic E-state index is 13.4. The van der Waals surface area contributed by atoms with E-state index in [2.05, 4.69) is 37.4 Å². The molecule has 1 amide bonds. The smallest absolute Gasteiger partial charge is 0.252 e. The molecule has 0 bridgehead atoms. The molecule has 3 aromatic heterocycles. The molecule has 0 atom stereocenters. The van der Waals surface area contributed by atoms with Gasteiger partial charge in [0.2, 0.25) is 0 Å². The number of thiophene rings is 1. The summed E-state index contributed by atoms with van der Waals surface area (Å²) < 4.78 is 22.0. The fraction of sp³-hybridized carbons (Fsp3) is 0.0909. The van der Waals surface area contributed by atoms with E-state index in [4.69, 9.17) is 16.3 Å². The Balaban J connectivity index is 1.05. The lowest BCUT2D eigenvalue weighted by Crippen LogP contribution is -2.23. The molecular formula is C33H24ClFN6O2S. The Morgan fingerprint density at radius 2 is 1.93 bits per heavy atom. The lowest BCUT2D eigenvalue weighted by molar-refractivity contribution is 0.0958. The van der Waals surface area contributed by atoms with Crippen molar-refractivity contribution >= 4 is 50.6 Å². The number of carbonyl (C=O) groups excluding carboxylic acids is 1. The fourth-order valence-corrected chi connectivity index (χ4v) is 5.50. The minimum Gasteiger partial charge on any atom is -0.487 e. The first-order chi connectivity index (χ1) is 21.5. The van der Waals surface area contributed by atoms with E-state index >= 15 is 0 Å². The second-order valence-corrected chi connectivity index (χ2v) is 11.1. The average molecular weight is 623 g/mol. The van der Waals surface area contributed by atoms with Crippen LogP contribution in [-0.2, 0) is 13.2 Å². The van der Waals surface area contributed by atoms with Gasteiger partial charge in [-0.1, -0.05) is 47.7 Å². The van der Waals surface area contributed by atoms with Crippen molar-refractivity contribution in [2.24, 2.45) is 0 Å². The number of nitrogens with one attached hydrogen (secondary N) is 2. The number of carbonyl (C=O) groups is 1. The Morgan fingerprint density at radius 3 is 2.73 bits per heavy atom. The Hall–Kier alpha value is -5.24. The highest BCUT2D eigenvalue weighted by atomic mass is 35.5. The lowest BCUT2D eigenvalue weighted by Gasteiger charge is -2.11. The second kappa shape index (κ2) is 13.4. The van der Waals surface area contributed by atoms with Crippen LogP contribution in [0.15, 0.2) is 97.8 Å². The molecule has 44 heavy (non-hydrogen) atoms. The predicted octanol–water partition coefficient (Wildman–Crippen LogP) is 6.83. The Kier molecular flexibility index (Phi) is 8.77. The van der Waals surface area contributed by atoms with Crippen molar-refractivity contribution in [2.75, 3.05) is 11.9 Å². The summed E-state index contributed by atoms with van der Waals surface area (Å²) >= 11 is 7.91. The van der Waals surface area contributed by atoms with Crippen molar-refractivity contribution in [3.05, 3.63) is 130 Å². The first-order valence-corrected chi connectivity index (χ1v) is 14.7. The van der Waals surface area contributed by atoms with E-state index in [9.17, 15) is 9.18 Å². The van der Waals surface area contributed by atoms with Crippen LogP contribution in [0.3, 0.4) is 0 Å². The number of rotatable bonds is 9. The minimum absolute atomic E-state index is 0.189. The number of nitrogens with zero attached hydrogens (tertiary/aromatic N) is 4. The average Bonchev–Trinajstić information content (AvgIpc) is 3.70. The standard InChI is InChI=1S/C33H24ClFN6O2S/c34-28-16-26(10-11-30(28)43-19-23-3-1-4-25(35)15-23)40-32-31-29(38-20-39-32)17-27(44-31)5-2-12-37-33(42)24-8-6-22(7-9-24)18-41-14-13-36-21-41/h1,3-4,6-11,13-17,20-21H,12,18-19H2,(H,37,42)(H,38,39,40). The number of hydrogen-bond donors (Lipinski definition) is 2. The number of halogens is 2. The highest BCUT2D eigenvalue weighted by Crippen LogP contribution is 2.33. The molecule has 0 unspecified atom stereocenters. The van der Waals surface area contributed by atoms with Crippen molar-refractivity contribution in [1.82, 2.24) is 24.8 Å². The predicted molar refractivity (Wildman–Crippen MR) is 170 cm³/mol. The van der Waals surface area contributed by atoms with Crippen LogP contribution in [0.4, 0.5) is 15.9 Å². The summed E-state index contributed by atoms with van der Waals surface area (Å²) in [5, 5.41) is 6.53. The van der Waals surface area contributed by atoms with Gasteiger partial charge in [0.15, 0.2) is 5.82 Å². The molecule has 2 N–H and O–H groups in total. The largest absolute Gasteiger partial charge is 0.487 e. The van der Waals surface area contributed by atoms with Gasteiger partial charge in [0.05, 0.1) is 33.0 Å². The van der Waals surface area contributed by atoms with E-state index in [0.29, 0.717) is 39.9 Å². The van der Waals surface area contributed by atoms with Crippen molar-refractivity contribution in [2.45, 2.75) is 13.2 Å². The van der Waals surface area contributed by atoms with E-state index in [1.807, 2.05) is 35.0 Å². The normalized spacial score (nSPS) is 10.7. The number of aromatic nitrogens is 4. The molecule has 0 radical (unpaired) electrons. The summed E-state index contributed by atoms with van der Waals surface area (Å²) in [6, 6.07) is 20.9. The summed E-state index contributed by atoms with van der Waals surface area (Å²) in [5.41, 5.74) is 3.82. The summed E-state index contributed by atoms with van der Waals surface area (Å²) in [5.74, 6) is 6.70. The first kappa shape index (κ1) is 28.9. The van der Waals surface area contributed by atoms with E-state index in [1.165, 1.54) is 29.8 Å². The zero-order valence-electron chi connectivity index (χ0n) is 23.1. The Morgan fingerprint density at radius 1 is 1.05 bits per heavy atom. The van der Waals surface area contributed by atoms with Gasteiger partial charge in [-0.2, -0.15) is 0 Å². The SMILES string of the molecule is O=C(NCC#Cc1cc2ncnc(Nc3ccc(OCc4cccc(F)c4)c(Cl)c3)c2s1)c1ccc(Cn2ccnc2)cc1. The van der Waals surface area contributed by atoms with E-state index in [1.54, 1.807) is 48.9 Å². The van der Waals surface area contributed by atoms with Crippen LogP contribution in [0.25, 0.3) is 10.2 Å². The number of benzene rings is 3. The van der Waals surface area contributed by atoms with Crippen LogP contribution in [0, 0.1) is 17.7 Å². The molecule has 0 aliphatic rings. The Bertz CT molecular complexity index is 1980. The molecule has 6 aromatic rings. The zero-order valence-corrected chi connectivity index (χ0v) is 24.7. The molecule has 0 saturated carbocycles. The molecule has 11 heteroatoms. The van der Waals surface area contributed by atoms with Gasteiger partial charge in [-0.05, 0) is 59.7 Å². The highest BCUT2D eigenvalue weighted by molar-refractivity contribution is 7.20. The zero-order chi connectivity index (χ0) is 30.3. The van der Waals surface area contributed by atoms with Gasteiger partial charge in [-0.15, -0.1) is 11.3 Å². The minimum atomic E-state index is -0.317. The van der Waals surface area contributed by atoms with Gasteiger partial charge in [-0.3, -0.25) is 4.79 Å². The molecule has 0 aliphatic heterocycles. The fourth-order valence-electron chi connectivity index (χ4n) is 4.34. The molecule has 0 saturated heterocycles. The topological polar surface area (TPSA) is 94.0 Å². The van der Waals surface area contributed by atoms with Gasteiger partial charge in [0, 0.05) is 30.2 Å². The second-order valence-electron chi connectivity index (χ2n) is 9.65. The summed E-state index contributed by atoms with van der Waals surface area (Å²) in [6.45, 7) is 1.09. The molecule has 0 aliphatic carbocycles. The number of anilines is 2. The van der Waals surface area contributed by atoms with Gasteiger partial charge in [0.25, 0.3) is 5.91 Å². The van der Waals surface area contributed by atoms with Crippen molar-refractivity contribution in [1.29, 1.82) is 0 Å². The van der Waals surface area contributed by atoms with Crippen LogP contribution in [0.5, 0.6) is 5.75 Å². The van der Waals surface area contributed by atoms with Crippen LogP contribution in [0.1, 0.15) is 26.4 Å². The highest BCUT2D eigenvalue weighted by Gasteiger charge is 2.11. The lowest BCUT2D eigenvalue weighted by atomic mass is 10.1. The first-order valence-electron chi connectivity index (χ1n) is 13.5. The van der Waals surface area contributed by atoms with Gasteiger partial charge >= 0.3 is 0 Å². The molecular weight excluding hydrogens is 599 g/mol. The van der Waals surface area contributed by atoms with Crippen LogP contribution in [-0.4, -0.2) is 32.0 Å². The molecule has 8 nitrogen and oxygen atoms in total. The maximum Gasteiger partial charge on any atom is 0.252 e. The van der Waals surface area contributed by atoms with Crippen molar-refractivity contribution < 1.29 is 13.9 Å². The van der Waals surface area contributed by atoms with Crippen LogP contribution in [0.2, 0.25) is 5.02 Å². The summed E-state index contributed by atoms with van der Waals surface area (Å²) in [6.07, 6.45) is 6.86. The maximum atomic E-state index is 13.4. The number of amides is 1. The summed E-state index contributed by atoms with van der Waals surface area (Å²) in [7, 11) is 0. The summed E-state index contributed by atoms with van der Waals surface area (Å²) in [4.78, 5) is 26.2. The van der Waals surface area contributed by atoms with Crippen molar-refractivity contribution in [3.8, 4) is 17.6 Å². The monoisotopic (exact) mass is 622 g/mol. The number of imidazole rings is 1. The Labute approximate surface area is 261 Å². The van der Waals surface area contributed by atoms with E-state index < -0.39 is 0 Å². The molecule has 6 rings (SSSR count). The third-order valence-corrected chi connectivity index (χ3v) is 7.82. The van der Waals surface area contributed by atoms with E-state index in [-0.39, 0.29) is 24.9 Å². The number of ether oxygens (including phenoxy) is 1. The van der Waals surface area contributed by atoms with E-state index in [0.717, 1.165) is 20.7 Å². The van der Waals surface area contributed by atoms with Gasteiger partial charge < -0.3 is 19.9 Å². The molecule has 3 aromatic carbocycles. The van der Waals surface area contributed by atoms with Crippen LogP contribution >= 0.6 is 22.9 Å².